The van der Waals surface area contributed by atoms with Gasteiger partial charge in [-0.15, -0.1) is 10.2 Å². The number of rotatable bonds is 7. The van der Waals surface area contributed by atoms with E-state index < -0.39 is 11.3 Å². The summed E-state index contributed by atoms with van der Waals surface area (Å²) in [6.45, 7) is 14.3. The van der Waals surface area contributed by atoms with Crippen molar-refractivity contribution in [2.75, 3.05) is 10.0 Å². The molecule has 0 fully saturated rings. The van der Waals surface area contributed by atoms with Crippen molar-refractivity contribution in [3.8, 4) is 17.1 Å². The van der Waals surface area contributed by atoms with Crippen molar-refractivity contribution in [2.24, 2.45) is 0 Å². The fourth-order valence-electron chi connectivity index (χ4n) is 4.93. The van der Waals surface area contributed by atoms with E-state index in [9.17, 15) is 4.21 Å². The van der Waals surface area contributed by atoms with Crippen LogP contribution in [0.2, 0.25) is 0 Å². The molecule has 1 unspecified atom stereocenters. The lowest BCUT2D eigenvalue weighted by Gasteiger charge is -2.19. The van der Waals surface area contributed by atoms with Crippen LogP contribution >= 0.6 is 0 Å². The third-order valence-corrected chi connectivity index (χ3v) is 7.33. The van der Waals surface area contributed by atoms with Crippen LogP contribution in [0.5, 0.6) is 5.75 Å². The number of hydrogen-bond donors (Lipinski definition) is 3. The Balaban J connectivity index is 1.44. The molecule has 5 rings (SSSR count). The van der Waals surface area contributed by atoms with Gasteiger partial charge in [-0.05, 0) is 106 Å². The van der Waals surface area contributed by atoms with Crippen molar-refractivity contribution in [3.63, 3.8) is 0 Å². The van der Waals surface area contributed by atoms with Gasteiger partial charge < -0.3 is 9.50 Å². The Hall–Kier alpha value is -4.11. The highest BCUT2D eigenvalue weighted by molar-refractivity contribution is 7.81. The number of H-pyrrole nitrogens is 1. The van der Waals surface area contributed by atoms with Crippen molar-refractivity contribution in [1.82, 2.24) is 19.8 Å². The number of aromatic amines is 1. The molecule has 0 saturated heterocycles. The maximum atomic E-state index is 12.7. The number of anilines is 3. The first-order valence-corrected chi connectivity index (χ1v) is 13.5. The molecule has 0 aliphatic carbocycles. The Morgan fingerprint density at radius 2 is 1.58 bits per heavy atom. The maximum Gasteiger partial charge on any atom is 0.316 e. The van der Waals surface area contributed by atoms with E-state index in [1.165, 1.54) is 0 Å². The number of aromatic nitrogens is 4. The fraction of sp³-hybridized carbons (Fsp3) is 0.241. The van der Waals surface area contributed by atoms with E-state index in [4.69, 9.17) is 4.18 Å². The third kappa shape index (κ3) is 5.02. The minimum Gasteiger partial charge on any atom is -0.385 e. The van der Waals surface area contributed by atoms with E-state index >= 15 is 0 Å². The number of nitrogens with one attached hydrogen (secondary N) is 3. The highest BCUT2D eigenvalue weighted by Gasteiger charge is 2.19. The molecule has 38 heavy (non-hydrogen) atoms. The van der Waals surface area contributed by atoms with Crippen molar-refractivity contribution >= 4 is 34.0 Å². The molecule has 0 aliphatic heterocycles. The molecule has 5 aromatic rings. The van der Waals surface area contributed by atoms with Gasteiger partial charge in [-0.25, -0.2) is 4.52 Å². The molecular formula is C29H32N6O2S. The molecule has 0 radical (unpaired) electrons. The summed E-state index contributed by atoms with van der Waals surface area (Å²) in [7, 11) is 0. The number of benzene rings is 3. The Kier molecular flexibility index (Phi) is 6.71. The summed E-state index contributed by atoms with van der Waals surface area (Å²) in [6, 6.07) is 15.7. The van der Waals surface area contributed by atoms with Crippen LogP contribution in [0.1, 0.15) is 39.1 Å². The lowest BCUT2D eigenvalue weighted by Crippen LogP contribution is -2.11. The van der Waals surface area contributed by atoms with E-state index in [0.29, 0.717) is 11.4 Å². The van der Waals surface area contributed by atoms with Crippen LogP contribution in [0, 0.1) is 48.5 Å². The molecule has 3 N–H and O–H groups in total. The monoisotopic (exact) mass is 528 g/mol. The summed E-state index contributed by atoms with van der Waals surface area (Å²) < 4.78 is 23.2. The molecule has 8 nitrogen and oxygen atoms in total. The summed E-state index contributed by atoms with van der Waals surface area (Å²) in [4.78, 5) is 0. The molecule has 0 bridgehead atoms. The van der Waals surface area contributed by atoms with Gasteiger partial charge in [0.05, 0.1) is 5.69 Å². The minimum absolute atomic E-state index is 0.567. The van der Waals surface area contributed by atoms with Gasteiger partial charge in [-0.3, -0.25) is 9.82 Å². The van der Waals surface area contributed by atoms with Crippen molar-refractivity contribution in [1.29, 1.82) is 0 Å². The fourth-order valence-corrected chi connectivity index (χ4v) is 5.56. The van der Waals surface area contributed by atoms with Crippen molar-refractivity contribution in [2.45, 2.75) is 48.5 Å². The molecule has 0 amide bonds. The smallest absolute Gasteiger partial charge is 0.316 e. The second-order valence-electron chi connectivity index (χ2n) is 9.94. The molecule has 0 spiro atoms. The lowest BCUT2D eigenvalue weighted by molar-refractivity contribution is 0.566. The van der Waals surface area contributed by atoms with E-state index in [1.54, 1.807) is 0 Å². The molecule has 3 aromatic carbocycles. The largest absolute Gasteiger partial charge is 0.385 e. The SMILES string of the molecule is Cc1cc(C)cc(OS(=O)Nc2ccc(C)c(Nc3c(C)cc(C)c(-c4nnc5cc(C)[nH]n45)c3C)c2)c1. The van der Waals surface area contributed by atoms with Crippen LogP contribution in [0.4, 0.5) is 17.1 Å². The highest BCUT2D eigenvalue weighted by Crippen LogP contribution is 2.36. The normalized spacial score (nSPS) is 12.1. The topological polar surface area (TPSA) is 96.3 Å². The molecule has 196 valence electrons. The van der Waals surface area contributed by atoms with E-state index in [2.05, 4.69) is 52.2 Å². The van der Waals surface area contributed by atoms with Crippen LogP contribution in [-0.2, 0) is 11.3 Å². The Labute approximate surface area is 225 Å². The van der Waals surface area contributed by atoms with Crippen molar-refractivity contribution < 1.29 is 8.39 Å². The Morgan fingerprint density at radius 1 is 0.842 bits per heavy atom. The van der Waals surface area contributed by atoms with E-state index in [0.717, 1.165) is 67.5 Å². The van der Waals surface area contributed by atoms with Gasteiger partial charge in [0.1, 0.15) is 5.75 Å². The summed E-state index contributed by atoms with van der Waals surface area (Å²) in [5.74, 6) is 1.34. The Morgan fingerprint density at radius 3 is 2.32 bits per heavy atom. The average molecular weight is 529 g/mol. The van der Waals surface area contributed by atoms with Crippen LogP contribution in [0.15, 0.2) is 48.5 Å². The molecular weight excluding hydrogens is 496 g/mol. The van der Waals surface area contributed by atoms with Gasteiger partial charge in [0, 0.05) is 28.7 Å². The molecule has 2 aromatic heterocycles. The van der Waals surface area contributed by atoms with Crippen LogP contribution < -0.4 is 14.2 Å². The average Bonchev–Trinajstić information content (AvgIpc) is 3.37. The summed E-state index contributed by atoms with van der Waals surface area (Å²) >= 11 is -1.75. The zero-order valence-electron chi connectivity index (χ0n) is 22.7. The standard InChI is InChI=1S/C29H32N6O2S/c1-16-10-17(2)12-24(11-16)37-38(36)34-23-9-8-18(3)25(15-23)30-28-20(5)13-19(4)27(22(28)7)29-32-31-26-14-21(6)33-35(26)29/h8-15,30,33-34H,1-7H3. The number of nitrogens with zero attached hydrogens (tertiary/aromatic N) is 3. The predicted octanol–water partition coefficient (Wildman–Crippen LogP) is 6.70. The second-order valence-corrected chi connectivity index (χ2v) is 10.8. The zero-order valence-corrected chi connectivity index (χ0v) is 23.5. The number of aryl methyl sites for hydroxylation is 6. The summed E-state index contributed by atoms with van der Waals surface area (Å²) in [5, 5.41) is 15.8. The number of hydrogen-bond acceptors (Lipinski definition) is 5. The second kappa shape index (κ2) is 9.98. The van der Waals surface area contributed by atoms with Crippen LogP contribution in [-0.4, -0.2) is 24.0 Å². The van der Waals surface area contributed by atoms with Gasteiger partial charge in [-0.2, -0.15) is 4.21 Å². The van der Waals surface area contributed by atoms with E-state index in [-0.39, 0.29) is 0 Å². The van der Waals surface area contributed by atoms with Crippen molar-refractivity contribution in [3.05, 3.63) is 87.6 Å². The van der Waals surface area contributed by atoms with Gasteiger partial charge in [0.2, 0.25) is 0 Å². The maximum absolute atomic E-state index is 12.7. The first-order chi connectivity index (χ1) is 18.1. The summed E-state index contributed by atoms with van der Waals surface area (Å²) in [6.07, 6.45) is 0. The lowest BCUT2D eigenvalue weighted by atomic mass is 9.96. The molecule has 9 heteroatoms. The highest BCUT2D eigenvalue weighted by atomic mass is 32.2. The van der Waals surface area contributed by atoms with Gasteiger partial charge in [0.25, 0.3) is 0 Å². The van der Waals surface area contributed by atoms with E-state index in [1.807, 2.05) is 74.7 Å². The van der Waals surface area contributed by atoms with Gasteiger partial charge >= 0.3 is 11.3 Å². The summed E-state index contributed by atoms with van der Waals surface area (Å²) in [5.41, 5.74) is 11.9. The number of fused-ring (bicyclic) bond motifs is 1. The minimum atomic E-state index is -1.75. The predicted molar refractivity (Wildman–Crippen MR) is 154 cm³/mol. The molecule has 0 aliphatic rings. The first kappa shape index (κ1) is 25.5. The van der Waals surface area contributed by atoms with Crippen LogP contribution in [0.25, 0.3) is 17.0 Å². The first-order valence-electron chi connectivity index (χ1n) is 12.4. The molecule has 2 heterocycles. The van der Waals surface area contributed by atoms with Crippen LogP contribution in [0.3, 0.4) is 0 Å². The molecule has 1 atom stereocenters. The Bertz CT molecular complexity index is 1680. The quantitative estimate of drug-likeness (QED) is 0.219. The molecule has 0 saturated carbocycles. The third-order valence-electron chi connectivity index (χ3n) is 6.58. The van der Waals surface area contributed by atoms with Gasteiger partial charge in [0.15, 0.2) is 11.5 Å². The van der Waals surface area contributed by atoms with Gasteiger partial charge in [-0.1, -0.05) is 18.2 Å². The zero-order chi connectivity index (χ0) is 27.1.